The van der Waals surface area contributed by atoms with Crippen LogP contribution in [0.1, 0.15) is 36.8 Å². The van der Waals surface area contributed by atoms with Gasteiger partial charge in [-0.1, -0.05) is 18.3 Å². The van der Waals surface area contributed by atoms with Gasteiger partial charge in [-0.15, -0.1) is 0 Å². The van der Waals surface area contributed by atoms with Crippen molar-refractivity contribution < 1.29 is 24.2 Å². The van der Waals surface area contributed by atoms with Crippen LogP contribution in [-0.4, -0.2) is 91.8 Å². The molecule has 2 saturated heterocycles. The molecule has 0 spiro atoms. The van der Waals surface area contributed by atoms with Crippen molar-refractivity contribution in [3.05, 3.63) is 71.4 Å². The molecule has 0 bridgehead atoms. The number of anilines is 3. The van der Waals surface area contributed by atoms with E-state index in [2.05, 4.69) is 21.6 Å². The number of benzene rings is 1. The van der Waals surface area contributed by atoms with Crippen molar-refractivity contribution in [3.8, 4) is 28.5 Å². The van der Waals surface area contributed by atoms with Crippen molar-refractivity contribution in [2.24, 2.45) is 0 Å². The molecular formula is C35H37FN10O4S. The number of hydrogen-bond donors (Lipinski definition) is 4. The molecule has 1 amide bonds. The van der Waals surface area contributed by atoms with Gasteiger partial charge in [-0.3, -0.25) is 14.0 Å². The first-order valence-electron chi connectivity index (χ1n) is 16.5. The Morgan fingerprint density at radius 1 is 1.14 bits per heavy atom. The highest BCUT2D eigenvalue weighted by molar-refractivity contribution is 7.16. The maximum atomic E-state index is 13.6. The van der Waals surface area contributed by atoms with E-state index in [-0.39, 0.29) is 30.3 Å². The Kier molecular flexibility index (Phi) is 10.8. The molecule has 51 heavy (non-hydrogen) atoms. The molecule has 4 N–H and O–H groups in total. The Bertz CT molecular complexity index is 2040. The number of hydrogen-bond acceptors (Lipinski definition) is 12. The summed E-state index contributed by atoms with van der Waals surface area (Å²) in [5.41, 5.74) is 4.63. The number of aliphatic hydroxyl groups excluding tert-OH is 1. The molecular weight excluding hydrogens is 676 g/mol. The van der Waals surface area contributed by atoms with Gasteiger partial charge in [0.05, 0.1) is 17.8 Å². The summed E-state index contributed by atoms with van der Waals surface area (Å²) >= 11 is 1.28. The Morgan fingerprint density at radius 3 is 2.45 bits per heavy atom. The largest absolute Gasteiger partial charge is 0.483 e. The highest BCUT2D eigenvalue weighted by Crippen LogP contribution is 2.37. The van der Waals surface area contributed by atoms with Gasteiger partial charge in [0, 0.05) is 68.0 Å². The summed E-state index contributed by atoms with van der Waals surface area (Å²) in [5, 5.41) is 33.3. The van der Waals surface area contributed by atoms with Crippen LogP contribution in [0.25, 0.3) is 28.0 Å². The van der Waals surface area contributed by atoms with Crippen LogP contribution in [0, 0.1) is 17.1 Å². The van der Waals surface area contributed by atoms with Crippen LogP contribution in [-0.2, 0) is 16.0 Å². The number of fused-ring (bicyclic) bond motifs is 1. The fraction of sp³-hybridized carbons (Fsp3) is 0.343. The molecule has 14 nitrogen and oxygen atoms in total. The molecule has 5 aromatic rings. The predicted octanol–water partition coefficient (Wildman–Crippen LogP) is 3.76. The third kappa shape index (κ3) is 7.65. The molecule has 1 aromatic carbocycles. The van der Waals surface area contributed by atoms with Crippen molar-refractivity contribution in [3.63, 3.8) is 0 Å². The van der Waals surface area contributed by atoms with Gasteiger partial charge >= 0.3 is 0 Å². The fourth-order valence-electron chi connectivity index (χ4n) is 6.34. The number of aliphatic hydroxyl groups is 1. The van der Waals surface area contributed by atoms with Gasteiger partial charge in [-0.05, 0) is 62.1 Å². The number of piperidine rings is 1. The zero-order valence-electron chi connectivity index (χ0n) is 28.0. The standard InChI is InChI=1S/C34H35FN10O2S.CH2O2/c1-3-26-32(43(2)34-42-30(28(15-36)48-34)20-4-7-23(35)8-5-20)45-19-21(6-9-29(45)41-26)22-16-38-33(39-17-22)44-12-10-24(11-13-44)40-31(47)27-14-25(46)18-37-27;2-1-3/h4-9,16-17,19,24-25,27,37,46H,3,10-14,18H2,1-2H3,(H,40,47);1H,(H,2,3). The zero-order chi connectivity index (χ0) is 36.1. The van der Waals surface area contributed by atoms with Gasteiger partial charge in [-0.2, -0.15) is 5.26 Å². The van der Waals surface area contributed by atoms with Gasteiger partial charge in [-0.25, -0.2) is 24.3 Å². The number of aromatic nitrogens is 5. The van der Waals surface area contributed by atoms with Crippen molar-refractivity contribution in [2.75, 3.05) is 36.5 Å². The number of β-amino-alcohol motifs (C(OH)–C–C–N with tert-alkyl or cyclic N) is 1. The number of carbonyl (C=O) groups is 2. The third-order valence-corrected chi connectivity index (χ3v) is 9.99. The monoisotopic (exact) mass is 712 g/mol. The normalized spacial score (nSPS) is 17.4. The number of nitrogens with zero attached hydrogens (tertiary/aromatic N) is 8. The number of imidazole rings is 1. The van der Waals surface area contributed by atoms with E-state index in [0.29, 0.717) is 46.6 Å². The predicted molar refractivity (Wildman–Crippen MR) is 190 cm³/mol. The minimum atomic E-state index is -0.465. The van der Waals surface area contributed by atoms with Crippen LogP contribution in [0.3, 0.4) is 0 Å². The fourth-order valence-corrected chi connectivity index (χ4v) is 7.19. The topological polar surface area (TPSA) is 185 Å². The molecule has 2 aliphatic heterocycles. The Labute approximate surface area is 297 Å². The Hall–Kier alpha value is -5.50. The van der Waals surface area contributed by atoms with Crippen LogP contribution in [0.4, 0.5) is 21.3 Å². The van der Waals surface area contributed by atoms with Crippen molar-refractivity contribution in [1.82, 2.24) is 35.0 Å². The summed E-state index contributed by atoms with van der Waals surface area (Å²) in [4.78, 5) is 44.5. The summed E-state index contributed by atoms with van der Waals surface area (Å²) < 4.78 is 15.6. The second kappa shape index (κ2) is 15.6. The maximum absolute atomic E-state index is 13.6. The van der Waals surface area contributed by atoms with Crippen LogP contribution < -0.4 is 20.4 Å². The molecule has 264 valence electrons. The van der Waals surface area contributed by atoms with E-state index in [1.165, 1.54) is 23.5 Å². The highest BCUT2D eigenvalue weighted by Gasteiger charge is 2.30. The van der Waals surface area contributed by atoms with E-state index in [1.807, 2.05) is 54.0 Å². The molecule has 6 heterocycles. The number of rotatable bonds is 8. The van der Waals surface area contributed by atoms with Crippen LogP contribution in [0.5, 0.6) is 0 Å². The van der Waals surface area contributed by atoms with Gasteiger partial charge in [0.1, 0.15) is 33.9 Å². The summed E-state index contributed by atoms with van der Waals surface area (Å²) in [5.74, 6) is 1.09. The van der Waals surface area contributed by atoms with Gasteiger partial charge in [0.15, 0.2) is 5.13 Å². The van der Waals surface area contributed by atoms with Crippen molar-refractivity contribution in [2.45, 2.75) is 50.8 Å². The van der Waals surface area contributed by atoms with E-state index in [1.54, 1.807) is 12.1 Å². The lowest BCUT2D eigenvalue weighted by Crippen LogP contribution is -2.49. The van der Waals surface area contributed by atoms with E-state index < -0.39 is 6.10 Å². The van der Waals surface area contributed by atoms with E-state index >= 15 is 0 Å². The van der Waals surface area contributed by atoms with Crippen LogP contribution in [0.15, 0.2) is 55.0 Å². The number of thiazole rings is 1. The molecule has 2 aliphatic rings. The molecule has 2 fully saturated rings. The summed E-state index contributed by atoms with van der Waals surface area (Å²) in [6, 6.07) is 12.0. The molecule has 2 unspecified atom stereocenters. The third-order valence-electron chi connectivity index (χ3n) is 8.96. The number of aryl methyl sites for hydroxylation is 1. The molecule has 0 radical (unpaired) electrons. The second-order valence-electron chi connectivity index (χ2n) is 12.2. The first kappa shape index (κ1) is 35.3. The van der Waals surface area contributed by atoms with Crippen molar-refractivity contribution in [1.29, 1.82) is 5.26 Å². The maximum Gasteiger partial charge on any atom is 0.290 e. The zero-order valence-corrected chi connectivity index (χ0v) is 28.8. The number of amides is 1. The minimum Gasteiger partial charge on any atom is -0.483 e. The number of halogens is 1. The quantitative estimate of drug-likeness (QED) is 0.171. The summed E-state index contributed by atoms with van der Waals surface area (Å²) in [6.07, 6.45) is 7.92. The Morgan fingerprint density at radius 2 is 1.82 bits per heavy atom. The number of carbonyl (C=O) groups excluding carboxylic acids is 1. The summed E-state index contributed by atoms with van der Waals surface area (Å²) in [6.45, 7) is 3.72. The van der Waals surface area contributed by atoms with Gasteiger partial charge in [0.25, 0.3) is 6.47 Å². The lowest BCUT2D eigenvalue weighted by molar-refractivity contribution is -0.124. The molecule has 2 atom stereocenters. The average Bonchev–Trinajstić information content (AvgIpc) is 3.89. The van der Waals surface area contributed by atoms with Crippen LogP contribution in [0.2, 0.25) is 0 Å². The van der Waals surface area contributed by atoms with E-state index in [4.69, 9.17) is 29.8 Å². The molecule has 0 saturated carbocycles. The van der Waals surface area contributed by atoms with Crippen molar-refractivity contribution >= 4 is 46.3 Å². The van der Waals surface area contributed by atoms with Gasteiger partial charge < -0.3 is 30.6 Å². The lowest BCUT2D eigenvalue weighted by Gasteiger charge is -2.32. The number of pyridine rings is 1. The number of nitriles is 1. The molecule has 16 heteroatoms. The Balaban J connectivity index is 0.00000144. The first-order valence-corrected chi connectivity index (χ1v) is 17.3. The molecule has 4 aromatic heterocycles. The smallest absolute Gasteiger partial charge is 0.290 e. The first-order chi connectivity index (χ1) is 24.7. The lowest BCUT2D eigenvalue weighted by atomic mass is 10.0. The highest BCUT2D eigenvalue weighted by atomic mass is 32.1. The van der Waals surface area contributed by atoms with E-state index in [9.17, 15) is 19.6 Å². The summed E-state index contributed by atoms with van der Waals surface area (Å²) in [7, 11) is 1.91. The number of nitrogens with one attached hydrogen (secondary N) is 2. The van der Waals surface area contributed by atoms with E-state index in [0.717, 1.165) is 54.2 Å². The molecule has 0 aliphatic carbocycles. The second-order valence-corrected chi connectivity index (χ2v) is 13.2. The molecule has 7 rings (SSSR count). The van der Waals surface area contributed by atoms with Gasteiger partial charge in [0.2, 0.25) is 11.9 Å². The average molecular weight is 713 g/mol. The minimum absolute atomic E-state index is 0.0470. The number of carboxylic acid groups (broad SMARTS) is 1. The van der Waals surface area contributed by atoms with Crippen LogP contribution >= 0.6 is 11.3 Å². The SMILES string of the molecule is CCc1nc2ccc(-c3cnc(N4CCC(NC(=O)C5CC(O)CN5)CC4)nc3)cn2c1N(C)c1nc(-c2ccc(F)cc2)c(C#N)s1.O=CO.